The third-order valence-corrected chi connectivity index (χ3v) is 2.80. The molecule has 0 aliphatic heterocycles. The molecule has 0 unspecified atom stereocenters. The first-order valence-corrected chi connectivity index (χ1v) is 6.13. The van der Waals surface area contributed by atoms with E-state index in [0.29, 0.717) is 11.4 Å². The Hall–Kier alpha value is -1.43. The highest BCUT2D eigenvalue weighted by molar-refractivity contribution is 14.1. The number of Topliss-reactive ketones (excluding diaryl/α,β-unsaturated/α-hetero) is 1. The van der Waals surface area contributed by atoms with Crippen molar-refractivity contribution in [2.75, 3.05) is 0 Å². The second kappa shape index (κ2) is 5.27. The highest BCUT2D eigenvalue weighted by Gasteiger charge is 2.02. The summed E-state index contributed by atoms with van der Waals surface area (Å²) in [6.07, 6.45) is 1.55. The van der Waals surface area contributed by atoms with E-state index in [9.17, 15) is 4.79 Å². The fourth-order valence-corrected chi connectivity index (χ4v) is 1.83. The van der Waals surface area contributed by atoms with Crippen molar-refractivity contribution in [2.45, 2.75) is 6.92 Å². The van der Waals surface area contributed by atoms with Gasteiger partial charge in [-0.3, -0.25) is 4.79 Å². The molecule has 0 amide bonds. The van der Waals surface area contributed by atoms with E-state index in [2.05, 4.69) is 27.6 Å². The predicted molar refractivity (Wildman–Crippen MR) is 73.5 cm³/mol. The number of nitrogens with zero attached hydrogens (tertiary/aromatic N) is 1. The van der Waals surface area contributed by atoms with Crippen LogP contribution in [0, 0.1) is 3.57 Å². The van der Waals surface area contributed by atoms with Crippen LogP contribution >= 0.6 is 22.6 Å². The molecular formula is C13H10INO2. The standard InChI is InChI=1S/C13H10INO2/c1-9(16)13-6-5-12(8-15-13)17-11-4-2-3-10(14)7-11/h2-8H,1H3. The summed E-state index contributed by atoms with van der Waals surface area (Å²) in [6, 6.07) is 11.1. The molecule has 0 aliphatic carbocycles. The molecule has 1 aromatic carbocycles. The topological polar surface area (TPSA) is 39.2 Å². The number of carbonyl (C=O) groups excluding carboxylic acids is 1. The van der Waals surface area contributed by atoms with Gasteiger partial charge in [0.15, 0.2) is 5.78 Å². The van der Waals surface area contributed by atoms with Crippen LogP contribution in [0.2, 0.25) is 0 Å². The number of halogens is 1. The zero-order valence-corrected chi connectivity index (χ0v) is 11.3. The molecule has 0 bridgehead atoms. The number of ether oxygens (including phenoxy) is 1. The van der Waals surface area contributed by atoms with E-state index in [1.54, 1.807) is 18.3 Å². The first-order valence-electron chi connectivity index (χ1n) is 5.05. The molecule has 2 aromatic rings. The second-order valence-electron chi connectivity index (χ2n) is 3.49. The van der Waals surface area contributed by atoms with Gasteiger partial charge in [-0.15, -0.1) is 0 Å². The maximum absolute atomic E-state index is 11.1. The summed E-state index contributed by atoms with van der Waals surface area (Å²) in [5.41, 5.74) is 0.444. The van der Waals surface area contributed by atoms with Crippen molar-refractivity contribution in [3.05, 3.63) is 51.9 Å². The Balaban J connectivity index is 2.16. The molecule has 17 heavy (non-hydrogen) atoms. The summed E-state index contributed by atoms with van der Waals surface area (Å²) in [6.45, 7) is 1.49. The number of carbonyl (C=O) groups is 1. The third kappa shape index (κ3) is 3.26. The molecule has 2 rings (SSSR count). The van der Waals surface area contributed by atoms with Gasteiger partial charge < -0.3 is 4.74 Å². The van der Waals surface area contributed by atoms with E-state index in [0.717, 1.165) is 9.32 Å². The van der Waals surface area contributed by atoms with Crippen LogP contribution < -0.4 is 4.74 Å². The first kappa shape index (κ1) is 12.0. The lowest BCUT2D eigenvalue weighted by Crippen LogP contribution is -1.95. The van der Waals surface area contributed by atoms with Crippen molar-refractivity contribution in [1.82, 2.24) is 4.98 Å². The smallest absolute Gasteiger partial charge is 0.178 e. The minimum atomic E-state index is -0.0502. The van der Waals surface area contributed by atoms with Gasteiger partial charge in [0.25, 0.3) is 0 Å². The lowest BCUT2D eigenvalue weighted by atomic mass is 10.3. The Morgan fingerprint density at radius 3 is 2.65 bits per heavy atom. The molecule has 0 N–H and O–H groups in total. The number of rotatable bonds is 3. The Morgan fingerprint density at radius 2 is 2.06 bits per heavy atom. The van der Waals surface area contributed by atoms with Gasteiger partial charge in [0.05, 0.1) is 6.20 Å². The SMILES string of the molecule is CC(=O)c1ccc(Oc2cccc(I)c2)cn1. The lowest BCUT2D eigenvalue weighted by Gasteiger charge is -2.05. The van der Waals surface area contributed by atoms with Gasteiger partial charge >= 0.3 is 0 Å². The number of pyridine rings is 1. The largest absolute Gasteiger partial charge is 0.456 e. The summed E-state index contributed by atoms with van der Waals surface area (Å²) >= 11 is 2.22. The van der Waals surface area contributed by atoms with Crippen LogP contribution in [0.15, 0.2) is 42.6 Å². The summed E-state index contributed by atoms with van der Waals surface area (Å²) < 4.78 is 6.72. The summed E-state index contributed by atoms with van der Waals surface area (Å²) in [5.74, 6) is 1.33. The van der Waals surface area contributed by atoms with Crippen molar-refractivity contribution in [3.8, 4) is 11.5 Å². The highest BCUT2D eigenvalue weighted by Crippen LogP contribution is 2.22. The summed E-state index contributed by atoms with van der Waals surface area (Å²) in [5, 5.41) is 0. The maximum Gasteiger partial charge on any atom is 0.178 e. The zero-order chi connectivity index (χ0) is 12.3. The molecule has 0 radical (unpaired) electrons. The molecule has 0 fully saturated rings. The number of hydrogen-bond donors (Lipinski definition) is 0. The average Bonchev–Trinajstić information content (AvgIpc) is 2.29. The molecule has 0 aliphatic rings. The van der Waals surface area contributed by atoms with Gasteiger partial charge in [0, 0.05) is 10.5 Å². The van der Waals surface area contributed by atoms with Crippen molar-refractivity contribution >= 4 is 28.4 Å². The third-order valence-electron chi connectivity index (χ3n) is 2.13. The van der Waals surface area contributed by atoms with Crippen molar-refractivity contribution < 1.29 is 9.53 Å². The number of benzene rings is 1. The van der Waals surface area contributed by atoms with E-state index < -0.39 is 0 Å². The van der Waals surface area contributed by atoms with E-state index in [1.165, 1.54) is 6.92 Å². The van der Waals surface area contributed by atoms with Gasteiger partial charge in [0.1, 0.15) is 17.2 Å². The minimum Gasteiger partial charge on any atom is -0.456 e. The number of aromatic nitrogens is 1. The maximum atomic E-state index is 11.1. The van der Waals surface area contributed by atoms with E-state index in [4.69, 9.17) is 4.74 Å². The molecule has 3 nitrogen and oxygen atoms in total. The zero-order valence-electron chi connectivity index (χ0n) is 9.18. The van der Waals surface area contributed by atoms with Gasteiger partial charge in [0.2, 0.25) is 0 Å². The van der Waals surface area contributed by atoms with Crippen LogP contribution in [-0.2, 0) is 0 Å². The normalized spacial score (nSPS) is 10.0. The Bertz CT molecular complexity index is 537. The van der Waals surface area contributed by atoms with Crippen LogP contribution in [0.5, 0.6) is 11.5 Å². The molecule has 1 heterocycles. The van der Waals surface area contributed by atoms with Crippen LogP contribution in [0.3, 0.4) is 0 Å². The number of hydrogen-bond acceptors (Lipinski definition) is 3. The summed E-state index contributed by atoms with van der Waals surface area (Å²) in [7, 11) is 0. The monoisotopic (exact) mass is 339 g/mol. The molecule has 0 saturated heterocycles. The van der Waals surface area contributed by atoms with Gasteiger partial charge in [-0.2, -0.15) is 0 Å². The van der Waals surface area contributed by atoms with Crippen molar-refractivity contribution in [3.63, 3.8) is 0 Å². The van der Waals surface area contributed by atoms with E-state index >= 15 is 0 Å². The molecule has 86 valence electrons. The second-order valence-corrected chi connectivity index (χ2v) is 4.74. The molecular weight excluding hydrogens is 329 g/mol. The fourth-order valence-electron chi connectivity index (χ4n) is 1.32. The predicted octanol–water partition coefficient (Wildman–Crippen LogP) is 3.68. The fraction of sp³-hybridized carbons (Fsp3) is 0.0769. The lowest BCUT2D eigenvalue weighted by molar-refractivity contribution is 0.101. The molecule has 4 heteroatoms. The Kier molecular flexibility index (Phi) is 3.73. The van der Waals surface area contributed by atoms with Gasteiger partial charge in [-0.05, 0) is 52.9 Å². The highest BCUT2D eigenvalue weighted by atomic mass is 127. The van der Waals surface area contributed by atoms with E-state index in [-0.39, 0.29) is 5.78 Å². The molecule has 1 aromatic heterocycles. The van der Waals surface area contributed by atoms with Crippen LogP contribution in [0.4, 0.5) is 0 Å². The Morgan fingerprint density at radius 1 is 1.24 bits per heavy atom. The van der Waals surface area contributed by atoms with Crippen LogP contribution in [-0.4, -0.2) is 10.8 Å². The minimum absolute atomic E-state index is 0.0502. The van der Waals surface area contributed by atoms with Crippen LogP contribution in [0.1, 0.15) is 17.4 Å². The van der Waals surface area contributed by atoms with Gasteiger partial charge in [-0.1, -0.05) is 6.07 Å². The van der Waals surface area contributed by atoms with Crippen molar-refractivity contribution in [2.24, 2.45) is 0 Å². The van der Waals surface area contributed by atoms with Gasteiger partial charge in [-0.25, -0.2) is 4.98 Å². The first-order chi connectivity index (χ1) is 8.15. The number of ketones is 1. The molecule has 0 spiro atoms. The summed E-state index contributed by atoms with van der Waals surface area (Å²) in [4.78, 5) is 15.1. The van der Waals surface area contributed by atoms with E-state index in [1.807, 2.05) is 24.3 Å². The average molecular weight is 339 g/mol. The molecule has 0 atom stereocenters. The Labute approximate surface area is 113 Å². The molecule has 0 saturated carbocycles. The van der Waals surface area contributed by atoms with Crippen LogP contribution in [0.25, 0.3) is 0 Å². The van der Waals surface area contributed by atoms with Crippen molar-refractivity contribution in [1.29, 1.82) is 0 Å². The quantitative estimate of drug-likeness (QED) is 0.633.